The van der Waals surface area contributed by atoms with Crippen molar-refractivity contribution in [2.75, 3.05) is 0 Å². The third kappa shape index (κ3) is 0.633. The fourth-order valence-corrected chi connectivity index (χ4v) is 0.440. The number of rotatable bonds is 0. The first-order chi connectivity index (χ1) is 3.30. The highest BCUT2D eigenvalue weighted by Gasteiger charge is 1.90. The van der Waals surface area contributed by atoms with E-state index in [9.17, 15) is 0 Å². The maximum atomic E-state index is 2.95. The molecule has 2 nitrogen and oxygen atoms in total. The smallest absolute Gasteiger partial charge is 0.155 e. The lowest BCUT2D eigenvalue weighted by molar-refractivity contribution is -0.751. The Bertz CT molecular complexity index is 138. The molecule has 1 radical (unpaired) electrons. The molecule has 2 heteroatoms. The highest BCUT2D eigenvalue weighted by molar-refractivity contribution is 4.66. The van der Waals surface area contributed by atoms with Crippen LogP contribution in [0, 0.1) is 6.20 Å². The molecule has 0 N–H and O–H groups in total. The van der Waals surface area contributed by atoms with Crippen LogP contribution in [0.3, 0.4) is 0 Å². The molecule has 1 aromatic rings. The zero-order chi connectivity index (χ0) is 5.28. The molecule has 0 atom stereocenters. The molecule has 0 saturated carbocycles. The summed E-state index contributed by atoms with van der Waals surface area (Å²) in [6.45, 7) is 0. The molecule has 0 amide bonds. The monoisotopic (exact) mass is 96.1 g/mol. The van der Waals surface area contributed by atoms with Gasteiger partial charge in [-0.15, -0.1) is 4.68 Å². The average molecular weight is 96.1 g/mol. The van der Waals surface area contributed by atoms with E-state index in [4.69, 9.17) is 0 Å². The lowest BCUT2D eigenvalue weighted by Gasteiger charge is -1.81. The van der Waals surface area contributed by atoms with Gasteiger partial charge in [-0.1, -0.05) is 0 Å². The number of hydrogen-bond donors (Lipinski definition) is 0. The molecule has 1 heterocycles. The Morgan fingerprint density at radius 3 is 2.57 bits per heavy atom. The van der Waals surface area contributed by atoms with Crippen LogP contribution in [0.2, 0.25) is 0 Å². The van der Waals surface area contributed by atoms with Crippen molar-refractivity contribution in [3.05, 3.63) is 18.5 Å². The SMILES string of the molecule is Cn1[c]cc[n+]1C. The second kappa shape index (κ2) is 1.37. The molecule has 0 spiro atoms. The second-order valence-corrected chi connectivity index (χ2v) is 1.54. The molecule has 0 saturated heterocycles. The standard InChI is InChI=1S/C5H8N2/c1-6-4-3-5-7(6)2/h3-4H,1-2H3/q+1. The van der Waals surface area contributed by atoms with Crippen LogP contribution in [0.1, 0.15) is 0 Å². The van der Waals surface area contributed by atoms with Crippen molar-refractivity contribution in [3.63, 3.8) is 0 Å². The van der Waals surface area contributed by atoms with Crippen molar-refractivity contribution in [2.24, 2.45) is 14.1 Å². The van der Waals surface area contributed by atoms with Crippen molar-refractivity contribution < 1.29 is 4.68 Å². The van der Waals surface area contributed by atoms with Crippen LogP contribution >= 0.6 is 0 Å². The summed E-state index contributed by atoms with van der Waals surface area (Å²) in [7, 11) is 3.91. The minimum absolute atomic E-state index is 1.88. The molecule has 1 rings (SSSR count). The van der Waals surface area contributed by atoms with Crippen LogP contribution < -0.4 is 4.68 Å². The van der Waals surface area contributed by atoms with Crippen LogP contribution in [0.4, 0.5) is 0 Å². The summed E-state index contributed by atoms with van der Waals surface area (Å²) in [5.41, 5.74) is 0. The molecule has 0 unspecified atom stereocenters. The van der Waals surface area contributed by atoms with Crippen molar-refractivity contribution in [1.29, 1.82) is 0 Å². The van der Waals surface area contributed by atoms with Crippen LogP contribution in [0.25, 0.3) is 0 Å². The van der Waals surface area contributed by atoms with Gasteiger partial charge in [0.25, 0.3) is 0 Å². The Kier molecular flexibility index (Phi) is 0.855. The molecular weight excluding hydrogens is 88.1 g/mol. The average Bonchev–Trinajstić information content (AvgIpc) is 1.91. The van der Waals surface area contributed by atoms with Gasteiger partial charge in [0.1, 0.15) is 6.20 Å². The Morgan fingerprint density at radius 1 is 1.71 bits per heavy atom. The number of nitrogens with zero attached hydrogens (tertiary/aromatic N) is 2. The molecule has 0 bridgehead atoms. The zero-order valence-corrected chi connectivity index (χ0v) is 4.55. The highest BCUT2D eigenvalue weighted by atomic mass is 15.4. The summed E-state index contributed by atoms with van der Waals surface area (Å²) >= 11 is 0. The highest BCUT2D eigenvalue weighted by Crippen LogP contribution is 1.68. The van der Waals surface area contributed by atoms with E-state index < -0.39 is 0 Å². The Balaban J connectivity index is 3.12. The van der Waals surface area contributed by atoms with E-state index in [0.29, 0.717) is 0 Å². The maximum absolute atomic E-state index is 2.95. The predicted octanol–water partition coefficient (Wildman–Crippen LogP) is -0.350. The van der Waals surface area contributed by atoms with E-state index >= 15 is 0 Å². The van der Waals surface area contributed by atoms with E-state index in [-0.39, 0.29) is 0 Å². The van der Waals surface area contributed by atoms with E-state index in [0.717, 1.165) is 0 Å². The summed E-state index contributed by atoms with van der Waals surface area (Å²) in [5.74, 6) is 0. The van der Waals surface area contributed by atoms with Gasteiger partial charge in [0.05, 0.1) is 7.05 Å². The van der Waals surface area contributed by atoms with Gasteiger partial charge in [-0.3, -0.25) is 0 Å². The van der Waals surface area contributed by atoms with Gasteiger partial charge in [0.15, 0.2) is 13.2 Å². The van der Waals surface area contributed by atoms with Crippen molar-refractivity contribution in [2.45, 2.75) is 0 Å². The first-order valence-electron chi connectivity index (χ1n) is 2.20. The number of aryl methyl sites for hydroxylation is 2. The number of hydrogen-bond acceptors (Lipinski definition) is 0. The molecule has 0 aliphatic heterocycles. The van der Waals surface area contributed by atoms with E-state index in [1.165, 1.54) is 0 Å². The van der Waals surface area contributed by atoms with Crippen molar-refractivity contribution in [1.82, 2.24) is 4.68 Å². The maximum Gasteiger partial charge on any atom is 0.196 e. The molecular formula is C5H8N2+. The summed E-state index contributed by atoms with van der Waals surface area (Å²) in [4.78, 5) is 0. The van der Waals surface area contributed by atoms with Crippen LogP contribution in [0.5, 0.6) is 0 Å². The van der Waals surface area contributed by atoms with Gasteiger partial charge >= 0.3 is 0 Å². The first kappa shape index (κ1) is 4.37. The van der Waals surface area contributed by atoms with E-state index in [2.05, 4.69) is 6.20 Å². The minimum Gasteiger partial charge on any atom is -0.155 e. The molecule has 0 aromatic carbocycles. The molecule has 0 aliphatic rings. The van der Waals surface area contributed by atoms with Crippen LogP contribution in [-0.2, 0) is 14.1 Å². The summed E-state index contributed by atoms with van der Waals surface area (Å²) in [6, 6.07) is 1.88. The fourth-order valence-electron chi connectivity index (χ4n) is 0.440. The van der Waals surface area contributed by atoms with E-state index in [1.807, 2.05) is 35.7 Å². The Labute approximate surface area is 43.0 Å². The normalized spacial score (nSPS) is 9.43. The van der Waals surface area contributed by atoms with Crippen LogP contribution in [-0.4, -0.2) is 4.68 Å². The predicted molar refractivity (Wildman–Crippen MR) is 25.4 cm³/mol. The Morgan fingerprint density at radius 2 is 2.43 bits per heavy atom. The summed E-state index contributed by atoms with van der Waals surface area (Å²) in [6.07, 6.45) is 4.89. The molecule has 0 aliphatic carbocycles. The minimum atomic E-state index is 1.88. The second-order valence-electron chi connectivity index (χ2n) is 1.54. The van der Waals surface area contributed by atoms with Crippen molar-refractivity contribution in [3.8, 4) is 0 Å². The number of aromatic nitrogens is 2. The molecule has 1 aromatic heterocycles. The van der Waals surface area contributed by atoms with E-state index in [1.54, 1.807) is 0 Å². The van der Waals surface area contributed by atoms with Crippen molar-refractivity contribution >= 4 is 0 Å². The third-order valence-electron chi connectivity index (χ3n) is 1.02. The van der Waals surface area contributed by atoms with Gasteiger partial charge in [0.2, 0.25) is 0 Å². The first-order valence-corrected chi connectivity index (χ1v) is 2.20. The van der Waals surface area contributed by atoms with Gasteiger partial charge in [0, 0.05) is 6.07 Å². The molecule has 0 fully saturated rings. The topological polar surface area (TPSA) is 8.81 Å². The van der Waals surface area contributed by atoms with Crippen LogP contribution in [0.15, 0.2) is 12.3 Å². The lowest BCUT2D eigenvalue weighted by Crippen LogP contribution is -2.35. The third-order valence-corrected chi connectivity index (χ3v) is 1.02. The van der Waals surface area contributed by atoms with Gasteiger partial charge in [-0.05, 0) is 0 Å². The van der Waals surface area contributed by atoms with Gasteiger partial charge < -0.3 is 0 Å². The Hall–Kier alpha value is -0.790. The lowest BCUT2D eigenvalue weighted by atomic mass is 10.8. The molecule has 37 valence electrons. The summed E-state index contributed by atoms with van der Waals surface area (Å²) in [5, 5.41) is 0. The summed E-state index contributed by atoms with van der Waals surface area (Å²) < 4.78 is 3.82. The largest absolute Gasteiger partial charge is 0.196 e. The van der Waals surface area contributed by atoms with Gasteiger partial charge in [-0.2, -0.15) is 4.68 Å². The fraction of sp³-hybridized carbons (Fsp3) is 0.400. The van der Waals surface area contributed by atoms with Gasteiger partial charge in [-0.25, -0.2) is 0 Å². The zero-order valence-electron chi connectivity index (χ0n) is 4.55. The quantitative estimate of drug-likeness (QED) is 0.390. The molecule has 7 heavy (non-hydrogen) atoms.